The molecule has 0 radical (unpaired) electrons. The lowest BCUT2D eigenvalue weighted by atomic mass is 9.85. The van der Waals surface area contributed by atoms with Gasteiger partial charge in [-0.1, -0.05) is 13.3 Å². The van der Waals surface area contributed by atoms with E-state index in [4.69, 9.17) is 11.6 Å². The Kier molecular flexibility index (Phi) is 3.41. The Balaban J connectivity index is 2.22. The molecule has 1 saturated carbocycles. The van der Waals surface area contributed by atoms with E-state index in [0.717, 1.165) is 24.6 Å². The zero-order valence-corrected chi connectivity index (χ0v) is 7.79. The number of hydrogen-bond donors (Lipinski definition) is 2. The summed E-state index contributed by atoms with van der Waals surface area (Å²) >= 11 is 0. The van der Waals surface area contributed by atoms with Crippen molar-refractivity contribution in [2.75, 3.05) is 6.54 Å². The van der Waals surface area contributed by atoms with Crippen LogP contribution in [0.2, 0.25) is 0 Å². The summed E-state index contributed by atoms with van der Waals surface area (Å²) < 4.78 is 0. The SMILES string of the molecule is CC/C(N)=C/N(N)CC1CCC1. The molecule has 0 amide bonds. The number of hydrazine groups is 1. The number of rotatable bonds is 4. The maximum Gasteiger partial charge on any atom is 0.0364 e. The Bertz CT molecular complexity index is 161. The van der Waals surface area contributed by atoms with Gasteiger partial charge < -0.3 is 10.7 Å². The van der Waals surface area contributed by atoms with E-state index < -0.39 is 0 Å². The molecule has 12 heavy (non-hydrogen) atoms. The maximum atomic E-state index is 5.74. The van der Waals surface area contributed by atoms with E-state index in [1.807, 2.05) is 13.1 Å². The van der Waals surface area contributed by atoms with Crippen molar-refractivity contribution in [2.24, 2.45) is 17.5 Å². The van der Waals surface area contributed by atoms with Crippen LogP contribution in [0.3, 0.4) is 0 Å². The molecular formula is C9H19N3. The van der Waals surface area contributed by atoms with Gasteiger partial charge in [0.05, 0.1) is 0 Å². The maximum absolute atomic E-state index is 5.74. The fraction of sp³-hybridized carbons (Fsp3) is 0.778. The molecule has 1 fully saturated rings. The third-order valence-electron chi connectivity index (χ3n) is 2.43. The molecule has 0 aromatic rings. The van der Waals surface area contributed by atoms with Crippen molar-refractivity contribution in [1.29, 1.82) is 0 Å². The molecule has 0 spiro atoms. The second kappa shape index (κ2) is 4.36. The predicted molar refractivity (Wildman–Crippen MR) is 50.8 cm³/mol. The van der Waals surface area contributed by atoms with Crippen molar-refractivity contribution in [3.05, 3.63) is 11.9 Å². The smallest absolute Gasteiger partial charge is 0.0364 e. The average Bonchev–Trinajstić information content (AvgIpc) is 1.97. The standard InChI is InChI=1S/C9H19N3/c1-2-9(10)7-12(11)6-8-4-3-5-8/h7-8H,2-6,10-11H2,1H3/b9-7-. The van der Waals surface area contributed by atoms with E-state index in [0.29, 0.717) is 0 Å². The first-order valence-electron chi connectivity index (χ1n) is 4.70. The van der Waals surface area contributed by atoms with Crippen molar-refractivity contribution < 1.29 is 0 Å². The van der Waals surface area contributed by atoms with Crippen LogP contribution in [0.4, 0.5) is 0 Å². The van der Waals surface area contributed by atoms with Gasteiger partial charge >= 0.3 is 0 Å². The van der Waals surface area contributed by atoms with Crippen LogP contribution >= 0.6 is 0 Å². The van der Waals surface area contributed by atoms with E-state index in [-0.39, 0.29) is 0 Å². The summed E-state index contributed by atoms with van der Waals surface area (Å²) in [6, 6.07) is 0. The van der Waals surface area contributed by atoms with Gasteiger partial charge in [-0.15, -0.1) is 0 Å². The van der Waals surface area contributed by atoms with Crippen LogP contribution in [0, 0.1) is 5.92 Å². The monoisotopic (exact) mass is 169 g/mol. The van der Waals surface area contributed by atoms with Crippen molar-refractivity contribution in [3.8, 4) is 0 Å². The number of nitrogens with two attached hydrogens (primary N) is 2. The van der Waals surface area contributed by atoms with Crippen LogP contribution in [0.15, 0.2) is 11.9 Å². The zero-order chi connectivity index (χ0) is 8.97. The normalized spacial score (nSPS) is 19.0. The third-order valence-corrected chi connectivity index (χ3v) is 2.43. The molecule has 0 aromatic heterocycles. The van der Waals surface area contributed by atoms with Crippen molar-refractivity contribution in [3.63, 3.8) is 0 Å². The summed E-state index contributed by atoms with van der Waals surface area (Å²) in [6.45, 7) is 2.99. The molecule has 0 unspecified atom stereocenters. The van der Waals surface area contributed by atoms with Crippen LogP contribution < -0.4 is 11.6 Å². The molecular weight excluding hydrogens is 150 g/mol. The average molecular weight is 169 g/mol. The number of allylic oxidation sites excluding steroid dienone is 1. The Hall–Kier alpha value is -0.700. The van der Waals surface area contributed by atoms with Crippen LogP contribution in [0.5, 0.6) is 0 Å². The summed E-state index contributed by atoms with van der Waals surface area (Å²) in [5.74, 6) is 6.54. The molecule has 70 valence electrons. The lowest BCUT2D eigenvalue weighted by molar-refractivity contribution is 0.225. The Labute approximate surface area is 74.4 Å². The topological polar surface area (TPSA) is 55.3 Å². The quantitative estimate of drug-likeness (QED) is 0.490. The highest BCUT2D eigenvalue weighted by molar-refractivity contribution is 4.94. The van der Waals surface area contributed by atoms with Crippen molar-refractivity contribution in [2.45, 2.75) is 32.6 Å². The summed E-state index contributed by atoms with van der Waals surface area (Å²) in [5.41, 5.74) is 6.51. The van der Waals surface area contributed by atoms with Gasteiger partial charge in [0, 0.05) is 18.4 Å². The lowest BCUT2D eigenvalue weighted by Crippen LogP contribution is -2.34. The van der Waals surface area contributed by atoms with E-state index in [1.165, 1.54) is 19.3 Å². The van der Waals surface area contributed by atoms with Gasteiger partial charge in [-0.2, -0.15) is 0 Å². The molecule has 0 aromatic carbocycles. The molecule has 0 heterocycles. The molecule has 0 atom stereocenters. The first-order valence-corrected chi connectivity index (χ1v) is 4.70. The van der Waals surface area contributed by atoms with Gasteiger partial charge in [0.15, 0.2) is 0 Å². The number of hydrogen-bond acceptors (Lipinski definition) is 3. The largest absolute Gasteiger partial charge is 0.401 e. The molecule has 1 rings (SSSR count). The van der Waals surface area contributed by atoms with Gasteiger partial charge in [-0.25, -0.2) is 5.84 Å². The van der Waals surface area contributed by atoms with Crippen LogP contribution in [0.25, 0.3) is 0 Å². The summed E-state index contributed by atoms with van der Waals surface area (Å²) in [7, 11) is 0. The second-order valence-electron chi connectivity index (χ2n) is 3.55. The molecule has 3 heteroatoms. The molecule has 1 aliphatic carbocycles. The highest BCUT2D eigenvalue weighted by Crippen LogP contribution is 2.26. The van der Waals surface area contributed by atoms with E-state index in [1.54, 1.807) is 5.01 Å². The first-order chi connectivity index (χ1) is 5.72. The minimum absolute atomic E-state index is 0.802. The van der Waals surface area contributed by atoms with Crippen molar-refractivity contribution in [1.82, 2.24) is 5.01 Å². The molecule has 4 N–H and O–H groups in total. The zero-order valence-electron chi connectivity index (χ0n) is 7.79. The van der Waals surface area contributed by atoms with Crippen molar-refractivity contribution >= 4 is 0 Å². The highest BCUT2D eigenvalue weighted by atomic mass is 15.4. The second-order valence-corrected chi connectivity index (χ2v) is 3.55. The van der Waals surface area contributed by atoms with E-state index in [2.05, 4.69) is 0 Å². The van der Waals surface area contributed by atoms with Gasteiger partial charge in [0.1, 0.15) is 0 Å². The summed E-state index contributed by atoms with van der Waals surface area (Å²) in [6.07, 6.45) is 6.74. The Morgan fingerprint density at radius 1 is 1.58 bits per heavy atom. The molecule has 0 aliphatic heterocycles. The van der Waals surface area contributed by atoms with Crippen LogP contribution in [0.1, 0.15) is 32.6 Å². The van der Waals surface area contributed by atoms with Crippen LogP contribution in [-0.2, 0) is 0 Å². The predicted octanol–water partition coefficient (Wildman–Crippen LogP) is 1.17. The van der Waals surface area contributed by atoms with E-state index >= 15 is 0 Å². The third kappa shape index (κ3) is 2.74. The molecule has 3 nitrogen and oxygen atoms in total. The van der Waals surface area contributed by atoms with Crippen LogP contribution in [-0.4, -0.2) is 11.6 Å². The summed E-state index contributed by atoms with van der Waals surface area (Å²) in [5, 5.41) is 1.72. The highest BCUT2D eigenvalue weighted by Gasteiger charge is 2.18. The molecule has 0 saturated heterocycles. The number of nitrogens with zero attached hydrogens (tertiary/aromatic N) is 1. The van der Waals surface area contributed by atoms with Gasteiger partial charge in [-0.05, 0) is 25.2 Å². The van der Waals surface area contributed by atoms with Gasteiger partial charge in [0.25, 0.3) is 0 Å². The minimum Gasteiger partial charge on any atom is -0.401 e. The fourth-order valence-corrected chi connectivity index (χ4v) is 1.33. The Morgan fingerprint density at radius 2 is 2.25 bits per heavy atom. The first kappa shape index (κ1) is 9.39. The van der Waals surface area contributed by atoms with Gasteiger partial charge in [-0.3, -0.25) is 0 Å². The van der Waals surface area contributed by atoms with E-state index in [9.17, 15) is 0 Å². The molecule has 0 bridgehead atoms. The fourth-order valence-electron chi connectivity index (χ4n) is 1.33. The Morgan fingerprint density at radius 3 is 2.67 bits per heavy atom. The molecule has 1 aliphatic rings. The minimum atomic E-state index is 0.802. The summed E-state index contributed by atoms with van der Waals surface area (Å²) in [4.78, 5) is 0. The van der Waals surface area contributed by atoms with Gasteiger partial charge in [0.2, 0.25) is 0 Å². The lowest BCUT2D eigenvalue weighted by Gasteiger charge is -2.29.